The highest BCUT2D eigenvalue weighted by Crippen LogP contribution is 2.28. The Morgan fingerprint density at radius 1 is 1.35 bits per heavy atom. The number of aliphatic hydroxyl groups is 1. The number of rotatable bonds is 5. The topological polar surface area (TPSA) is 41.5 Å². The van der Waals surface area contributed by atoms with Crippen LogP contribution in [0.1, 0.15) is 38.7 Å². The lowest BCUT2D eigenvalue weighted by Gasteiger charge is -2.39. The van der Waals surface area contributed by atoms with Crippen LogP contribution in [0.15, 0.2) is 24.3 Å². The van der Waals surface area contributed by atoms with Crippen molar-refractivity contribution in [2.24, 2.45) is 5.92 Å². The Morgan fingerprint density at radius 3 is 2.65 bits per heavy atom. The molecule has 3 atom stereocenters. The lowest BCUT2D eigenvalue weighted by molar-refractivity contribution is 0.00168. The quantitative estimate of drug-likeness (QED) is 0.869. The molecule has 2 rings (SSSR count). The van der Waals surface area contributed by atoms with E-state index in [1.54, 1.807) is 7.11 Å². The highest BCUT2D eigenvalue weighted by molar-refractivity contribution is 5.28. The fraction of sp³-hybridized carbons (Fsp3) is 0.647. The summed E-state index contributed by atoms with van der Waals surface area (Å²) >= 11 is 0. The minimum atomic E-state index is -0.706. The molecule has 0 aromatic heterocycles. The Bertz CT molecular complexity index is 414. The second-order valence-corrected chi connectivity index (χ2v) is 6.19. The van der Waals surface area contributed by atoms with E-state index in [0.29, 0.717) is 6.42 Å². The van der Waals surface area contributed by atoms with Crippen molar-refractivity contribution in [3.63, 3.8) is 0 Å². The molecule has 1 aliphatic rings. The highest BCUT2D eigenvalue weighted by Gasteiger charge is 2.35. The third-order valence-electron chi connectivity index (χ3n) is 4.56. The van der Waals surface area contributed by atoms with Gasteiger partial charge >= 0.3 is 0 Å². The molecule has 0 aliphatic carbocycles. The summed E-state index contributed by atoms with van der Waals surface area (Å²) in [6.45, 7) is 5.21. The summed E-state index contributed by atoms with van der Waals surface area (Å²) in [5.74, 6) is 1.60. The minimum absolute atomic E-state index is 0.184. The minimum Gasteiger partial charge on any atom is -0.497 e. The predicted octanol–water partition coefficient (Wildman–Crippen LogP) is 2.77. The highest BCUT2D eigenvalue weighted by atomic mass is 16.5. The van der Waals surface area contributed by atoms with E-state index in [-0.39, 0.29) is 6.04 Å². The average molecular weight is 277 g/mol. The monoisotopic (exact) mass is 277 g/mol. The molecule has 3 heteroatoms. The molecule has 1 aromatic carbocycles. The Morgan fingerprint density at radius 2 is 2.05 bits per heavy atom. The van der Waals surface area contributed by atoms with Crippen LogP contribution in [0, 0.1) is 5.92 Å². The van der Waals surface area contributed by atoms with Gasteiger partial charge in [0.15, 0.2) is 0 Å². The van der Waals surface area contributed by atoms with E-state index < -0.39 is 5.60 Å². The van der Waals surface area contributed by atoms with Crippen molar-refractivity contribution < 1.29 is 9.84 Å². The second kappa shape index (κ2) is 6.59. The van der Waals surface area contributed by atoms with E-state index in [2.05, 4.69) is 12.2 Å². The van der Waals surface area contributed by atoms with E-state index in [4.69, 9.17) is 4.74 Å². The number of hydrogen-bond acceptors (Lipinski definition) is 3. The Hall–Kier alpha value is -1.06. The maximum atomic E-state index is 10.8. The van der Waals surface area contributed by atoms with Crippen LogP contribution in [0.4, 0.5) is 0 Å². The first kappa shape index (κ1) is 15.3. The van der Waals surface area contributed by atoms with Crippen LogP contribution in [0.25, 0.3) is 0 Å². The number of ether oxygens (including phenoxy) is 1. The summed E-state index contributed by atoms with van der Waals surface area (Å²) in [6, 6.07) is 8.16. The van der Waals surface area contributed by atoms with Crippen molar-refractivity contribution in [3.8, 4) is 5.75 Å². The van der Waals surface area contributed by atoms with Crippen LogP contribution >= 0.6 is 0 Å². The third-order valence-corrected chi connectivity index (χ3v) is 4.56. The van der Waals surface area contributed by atoms with Gasteiger partial charge in [-0.05, 0) is 49.9 Å². The van der Waals surface area contributed by atoms with Crippen LogP contribution in [0.2, 0.25) is 0 Å². The molecule has 20 heavy (non-hydrogen) atoms. The van der Waals surface area contributed by atoms with Crippen molar-refractivity contribution in [3.05, 3.63) is 29.8 Å². The van der Waals surface area contributed by atoms with Gasteiger partial charge in [0.25, 0.3) is 0 Å². The molecule has 1 fully saturated rings. The maximum Gasteiger partial charge on any atom is 0.118 e. The summed E-state index contributed by atoms with van der Waals surface area (Å²) in [4.78, 5) is 0. The van der Waals surface area contributed by atoms with Gasteiger partial charge in [-0.15, -0.1) is 0 Å². The first-order valence-corrected chi connectivity index (χ1v) is 7.64. The van der Waals surface area contributed by atoms with Crippen molar-refractivity contribution >= 4 is 0 Å². The average Bonchev–Trinajstić information content (AvgIpc) is 2.48. The summed E-state index contributed by atoms with van der Waals surface area (Å²) < 4.78 is 5.17. The van der Waals surface area contributed by atoms with Gasteiger partial charge in [-0.25, -0.2) is 0 Å². The molecule has 0 bridgehead atoms. The van der Waals surface area contributed by atoms with Crippen LogP contribution in [-0.4, -0.2) is 30.4 Å². The first-order valence-electron chi connectivity index (χ1n) is 7.64. The van der Waals surface area contributed by atoms with E-state index in [9.17, 15) is 5.11 Å². The summed E-state index contributed by atoms with van der Waals surface area (Å²) in [5.41, 5.74) is 0.443. The van der Waals surface area contributed by atoms with Gasteiger partial charge in [0.05, 0.1) is 12.7 Å². The molecular weight excluding hydrogens is 250 g/mol. The Balaban J connectivity index is 2.01. The van der Waals surface area contributed by atoms with Crippen LogP contribution in [0.3, 0.4) is 0 Å². The molecule has 3 nitrogen and oxygen atoms in total. The summed E-state index contributed by atoms with van der Waals surface area (Å²) in [5, 5.41) is 14.3. The van der Waals surface area contributed by atoms with Gasteiger partial charge in [0.1, 0.15) is 5.75 Å². The fourth-order valence-corrected chi connectivity index (χ4v) is 3.12. The molecule has 0 radical (unpaired) electrons. The zero-order valence-corrected chi connectivity index (χ0v) is 12.9. The van der Waals surface area contributed by atoms with Crippen LogP contribution in [0.5, 0.6) is 5.75 Å². The van der Waals surface area contributed by atoms with E-state index in [0.717, 1.165) is 30.2 Å². The summed E-state index contributed by atoms with van der Waals surface area (Å²) in [6.07, 6.45) is 4.17. The molecule has 112 valence electrons. The van der Waals surface area contributed by atoms with E-state index >= 15 is 0 Å². The SMILES string of the molecule is CCC1CCNC(C(C)(O)Cc2ccc(OC)cc2)C1. The molecular formula is C17H27NO2. The molecule has 0 saturated carbocycles. The number of nitrogens with one attached hydrogen (secondary N) is 1. The molecule has 2 N–H and O–H groups in total. The van der Waals surface area contributed by atoms with E-state index in [1.165, 1.54) is 12.8 Å². The van der Waals surface area contributed by atoms with Gasteiger partial charge in [0.2, 0.25) is 0 Å². The third kappa shape index (κ3) is 3.74. The zero-order valence-electron chi connectivity index (χ0n) is 12.9. The van der Waals surface area contributed by atoms with Gasteiger partial charge in [-0.2, -0.15) is 0 Å². The largest absolute Gasteiger partial charge is 0.497 e. The van der Waals surface area contributed by atoms with Crippen molar-refractivity contribution in [2.75, 3.05) is 13.7 Å². The molecule has 1 aliphatic heterocycles. The van der Waals surface area contributed by atoms with E-state index in [1.807, 2.05) is 31.2 Å². The van der Waals surface area contributed by atoms with Crippen molar-refractivity contribution in [1.82, 2.24) is 5.32 Å². The zero-order chi connectivity index (χ0) is 14.6. The van der Waals surface area contributed by atoms with Crippen LogP contribution < -0.4 is 10.1 Å². The summed E-state index contributed by atoms with van der Waals surface area (Å²) in [7, 11) is 1.67. The smallest absolute Gasteiger partial charge is 0.118 e. The van der Waals surface area contributed by atoms with Crippen LogP contribution in [-0.2, 0) is 6.42 Å². The predicted molar refractivity (Wildman–Crippen MR) is 82.1 cm³/mol. The molecule has 3 unspecified atom stereocenters. The normalized spacial score (nSPS) is 26.0. The Labute approximate surface area is 122 Å². The molecule has 0 amide bonds. The van der Waals surface area contributed by atoms with Gasteiger partial charge in [-0.3, -0.25) is 0 Å². The van der Waals surface area contributed by atoms with Gasteiger partial charge in [0, 0.05) is 12.5 Å². The van der Waals surface area contributed by atoms with Crippen molar-refractivity contribution in [2.45, 2.75) is 51.2 Å². The number of piperidine rings is 1. The Kier molecular flexibility index (Phi) is 5.06. The standard InChI is InChI=1S/C17H27NO2/c1-4-13-9-10-18-16(11-13)17(2,19)12-14-5-7-15(20-3)8-6-14/h5-8,13,16,18-19H,4,9-12H2,1-3H3. The fourth-order valence-electron chi connectivity index (χ4n) is 3.12. The molecule has 1 aromatic rings. The maximum absolute atomic E-state index is 10.8. The van der Waals surface area contributed by atoms with Gasteiger partial charge < -0.3 is 15.2 Å². The number of hydrogen-bond donors (Lipinski definition) is 2. The number of benzene rings is 1. The van der Waals surface area contributed by atoms with Crippen molar-refractivity contribution in [1.29, 1.82) is 0 Å². The molecule has 1 heterocycles. The van der Waals surface area contributed by atoms with Gasteiger partial charge in [-0.1, -0.05) is 25.5 Å². The number of methoxy groups -OCH3 is 1. The lowest BCUT2D eigenvalue weighted by Crippen LogP contribution is -2.53. The molecule has 0 spiro atoms. The molecule has 1 saturated heterocycles. The second-order valence-electron chi connectivity index (χ2n) is 6.19. The first-order chi connectivity index (χ1) is 9.55. The lowest BCUT2D eigenvalue weighted by atomic mass is 9.80.